The van der Waals surface area contributed by atoms with E-state index < -0.39 is 0 Å². The third kappa shape index (κ3) is 4.88. The molecule has 0 aliphatic rings. The minimum Gasteiger partial charge on any atom is -0.334 e. The molecule has 0 atom stereocenters. The molecule has 2 aromatic rings. The van der Waals surface area contributed by atoms with E-state index in [2.05, 4.69) is 49.8 Å². The molecule has 0 spiro atoms. The Bertz CT molecular complexity index is 854. The molecular weight excluding hydrogens is 326 g/mol. The summed E-state index contributed by atoms with van der Waals surface area (Å²) in [6, 6.07) is 7.95. The van der Waals surface area contributed by atoms with Crippen molar-refractivity contribution in [3.63, 3.8) is 0 Å². The number of para-hydroxylation sites is 1. The Morgan fingerprint density at radius 1 is 1.16 bits per heavy atom. The second-order valence-electron chi connectivity index (χ2n) is 6.84. The van der Waals surface area contributed by atoms with Crippen molar-refractivity contribution in [1.29, 1.82) is 0 Å². The molecule has 0 fully saturated rings. The van der Waals surface area contributed by atoms with Crippen molar-refractivity contribution in [3.05, 3.63) is 69.0 Å². The SMILES string of the molecule is CSCn1c(C/C=C(\C)CCC=C(C)C)c(C)c(=O)c2ccccc21. The van der Waals surface area contributed by atoms with Crippen LogP contribution in [0, 0.1) is 6.92 Å². The van der Waals surface area contributed by atoms with Gasteiger partial charge >= 0.3 is 0 Å². The predicted octanol–water partition coefficient (Wildman–Crippen LogP) is 5.87. The Balaban J connectivity index is 2.40. The zero-order chi connectivity index (χ0) is 18.4. The van der Waals surface area contributed by atoms with E-state index in [4.69, 9.17) is 0 Å². The van der Waals surface area contributed by atoms with E-state index in [0.717, 1.165) is 47.3 Å². The van der Waals surface area contributed by atoms with Crippen LogP contribution in [0.4, 0.5) is 0 Å². The highest BCUT2D eigenvalue weighted by Gasteiger charge is 2.12. The summed E-state index contributed by atoms with van der Waals surface area (Å²) >= 11 is 1.78. The fourth-order valence-electron chi connectivity index (χ4n) is 3.08. The fraction of sp³-hybridized carbons (Fsp3) is 0.409. The number of benzene rings is 1. The summed E-state index contributed by atoms with van der Waals surface area (Å²) in [5.41, 5.74) is 5.97. The summed E-state index contributed by atoms with van der Waals surface area (Å²) in [6.07, 6.45) is 9.64. The Labute approximate surface area is 155 Å². The van der Waals surface area contributed by atoms with Crippen molar-refractivity contribution >= 4 is 22.7 Å². The van der Waals surface area contributed by atoms with Crippen LogP contribution in [0.25, 0.3) is 10.9 Å². The maximum absolute atomic E-state index is 12.7. The monoisotopic (exact) mass is 355 g/mol. The van der Waals surface area contributed by atoms with E-state index in [1.807, 2.05) is 25.1 Å². The molecule has 25 heavy (non-hydrogen) atoms. The van der Waals surface area contributed by atoms with Crippen LogP contribution < -0.4 is 5.43 Å². The molecule has 1 heterocycles. The lowest BCUT2D eigenvalue weighted by Crippen LogP contribution is -2.18. The molecule has 0 amide bonds. The first-order chi connectivity index (χ1) is 12.0. The van der Waals surface area contributed by atoms with E-state index in [0.29, 0.717) is 0 Å². The lowest BCUT2D eigenvalue weighted by atomic mass is 10.0. The van der Waals surface area contributed by atoms with Gasteiger partial charge in [0, 0.05) is 23.1 Å². The lowest BCUT2D eigenvalue weighted by molar-refractivity contribution is 0.834. The molecule has 0 aliphatic heterocycles. The third-order valence-corrected chi connectivity index (χ3v) is 5.05. The molecule has 1 aromatic carbocycles. The average Bonchev–Trinajstić information content (AvgIpc) is 2.59. The highest BCUT2D eigenvalue weighted by Crippen LogP contribution is 2.20. The van der Waals surface area contributed by atoms with Crippen LogP contribution in [0.1, 0.15) is 44.9 Å². The minimum atomic E-state index is 0.165. The van der Waals surface area contributed by atoms with E-state index >= 15 is 0 Å². The van der Waals surface area contributed by atoms with Crippen molar-refractivity contribution in [3.8, 4) is 0 Å². The Morgan fingerprint density at radius 2 is 1.88 bits per heavy atom. The van der Waals surface area contributed by atoms with Crippen LogP contribution in [-0.2, 0) is 12.3 Å². The summed E-state index contributed by atoms with van der Waals surface area (Å²) in [4.78, 5) is 12.7. The van der Waals surface area contributed by atoms with Crippen LogP contribution in [0.5, 0.6) is 0 Å². The third-order valence-electron chi connectivity index (χ3n) is 4.53. The van der Waals surface area contributed by atoms with Gasteiger partial charge in [-0.3, -0.25) is 4.79 Å². The van der Waals surface area contributed by atoms with Gasteiger partial charge in [0.2, 0.25) is 0 Å². The van der Waals surface area contributed by atoms with Crippen molar-refractivity contribution in [2.45, 2.75) is 52.8 Å². The van der Waals surface area contributed by atoms with Gasteiger partial charge in [-0.05, 0) is 58.9 Å². The Kier molecular flexibility index (Phi) is 7.12. The topological polar surface area (TPSA) is 22.0 Å². The van der Waals surface area contributed by atoms with E-state index in [1.165, 1.54) is 11.1 Å². The van der Waals surface area contributed by atoms with E-state index in [1.54, 1.807) is 11.8 Å². The summed E-state index contributed by atoms with van der Waals surface area (Å²) in [6.45, 7) is 8.43. The van der Waals surface area contributed by atoms with Gasteiger partial charge in [0.25, 0.3) is 0 Å². The molecule has 0 aliphatic carbocycles. The Morgan fingerprint density at radius 3 is 2.56 bits per heavy atom. The molecule has 2 rings (SSSR count). The molecule has 0 bridgehead atoms. The predicted molar refractivity (Wildman–Crippen MR) is 113 cm³/mol. The number of rotatable bonds is 7. The van der Waals surface area contributed by atoms with Gasteiger partial charge in [-0.1, -0.05) is 35.4 Å². The van der Waals surface area contributed by atoms with Gasteiger partial charge in [-0.25, -0.2) is 0 Å². The molecule has 134 valence electrons. The lowest BCUT2D eigenvalue weighted by Gasteiger charge is -2.18. The molecule has 0 radical (unpaired) electrons. The number of hydrogen-bond donors (Lipinski definition) is 0. The first-order valence-electron chi connectivity index (χ1n) is 8.84. The smallest absolute Gasteiger partial charge is 0.192 e. The number of allylic oxidation sites excluding steroid dienone is 4. The van der Waals surface area contributed by atoms with E-state index in [-0.39, 0.29) is 5.43 Å². The highest BCUT2D eigenvalue weighted by molar-refractivity contribution is 7.97. The standard InChI is InChI=1S/C22H29NOS/c1-16(2)9-8-10-17(3)13-14-20-18(4)22(24)19-11-6-7-12-21(19)23(20)15-25-5/h6-7,9,11-13H,8,10,14-15H2,1-5H3/b17-13+. The number of fused-ring (bicyclic) bond motifs is 1. The number of thioether (sulfide) groups is 1. The number of aromatic nitrogens is 1. The Hall–Kier alpha value is -1.74. The van der Waals surface area contributed by atoms with E-state index in [9.17, 15) is 4.79 Å². The van der Waals surface area contributed by atoms with Crippen molar-refractivity contribution in [2.75, 3.05) is 6.26 Å². The van der Waals surface area contributed by atoms with Crippen molar-refractivity contribution in [2.24, 2.45) is 0 Å². The molecule has 1 aromatic heterocycles. The van der Waals surface area contributed by atoms with Crippen LogP contribution in [0.2, 0.25) is 0 Å². The number of hydrogen-bond acceptors (Lipinski definition) is 2. The molecule has 3 heteroatoms. The van der Waals surface area contributed by atoms with Crippen LogP contribution in [-0.4, -0.2) is 10.8 Å². The van der Waals surface area contributed by atoms with Crippen LogP contribution >= 0.6 is 11.8 Å². The summed E-state index contributed by atoms with van der Waals surface area (Å²) < 4.78 is 2.30. The zero-order valence-corrected chi connectivity index (χ0v) is 16.9. The minimum absolute atomic E-state index is 0.165. The molecule has 0 saturated heterocycles. The van der Waals surface area contributed by atoms with Gasteiger partial charge in [0.15, 0.2) is 5.43 Å². The van der Waals surface area contributed by atoms with Crippen molar-refractivity contribution in [1.82, 2.24) is 4.57 Å². The fourth-order valence-corrected chi connectivity index (χ4v) is 3.64. The van der Waals surface area contributed by atoms with Gasteiger partial charge < -0.3 is 4.57 Å². The maximum atomic E-state index is 12.7. The van der Waals surface area contributed by atoms with Gasteiger partial charge in [-0.15, -0.1) is 11.8 Å². The molecular formula is C22H29NOS. The zero-order valence-electron chi connectivity index (χ0n) is 16.1. The van der Waals surface area contributed by atoms with Crippen LogP contribution in [0.15, 0.2) is 52.4 Å². The quantitative estimate of drug-likeness (QED) is 0.580. The molecule has 0 N–H and O–H groups in total. The normalized spacial score (nSPS) is 11.8. The molecule has 2 nitrogen and oxygen atoms in total. The number of pyridine rings is 1. The van der Waals surface area contributed by atoms with Gasteiger partial charge in [-0.2, -0.15) is 0 Å². The van der Waals surface area contributed by atoms with Gasteiger partial charge in [0.05, 0.1) is 11.4 Å². The second-order valence-corrected chi connectivity index (χ2v) is 7.67. The summed E-state index contributed by atoms with van der Waals surface area (Å²) in [7, 11) is 0. The first kappa shape index (κ1) is 19.6. The summed E-state index contributed by atoms with van der Waals surface area (Å²) in [5, 5.41) is 0.821. The maximum Gasteiger partial charge on any atom is 0.192 e. The average molecular weight is 356 g/mol. The highest BCUT2D eigenvalue weighted by atomic mass is 32.2. The first-order valence-corrected chi connectivity index (χ1v) is 10.2. The number of nitrogens with zero attached hydrogens (tertiary/aromatic N) is 1. The molecule has 0 unspecified atom stereocenters. The van der Waals surface area contributed by atoms with Gasteiger partial charge in [0.1, 0.15) is 0 Å². The largest absolute Gasteiger partial charge is 0.334 e. The molecule has 0 saturated carbocycles. The van der Waals surface area contributed by atoms with Crippen molar-refractivity contribution < 1.29 is 0 Å². The summed E-state index contributed by atoms with van der Waals surface area (Å²) in [5.74, 6) is 0.863. The second kappa shape index (κ2) is 9.10. The van der Waals surface area contributed by atoms with Crippen LogP contribution in [0.3, 0.4) is 0 Å².